The van der Waals surface area contributed by atoms with Gasteiger partial charge in [0, 0.05) is 19.6 Å². The maximum Gasteiger partial charge on any atom is 0.236 e. The van der Waals surface area contributed by atoms with E-state index in [2.05, 4.69) is 15.6 Å². The number of para-hydroxylation sites is 1. The highest BCUT2D eigenvalue weighted by Gasteiger charge is 2.28. The number of hydrogen-bond acceptors (Lipinski definition) is 4. The van der Waals surface area contributed by atoms with Crippen LogP contribution in [0.1, 0.15) is 18.1 Å². The molecular weight excluding hydrogens is 515 g/mol. The zero-order chi connectivity index (χ0) is 20.7. The fraction of sp³-hybridized carbons (Fsp3) is 0.381. The summed E-state index contributed by atoms with van der Waals surface area (Å²) in [6.07, 6.45) is 0.757. The van der Waals surface area contributed by atoms with Gasteiger partial charge in [-0.1, -0.05) is 30.3 Å². The first kappa shape index (κ1) is 24.3. The highest BCUT2D eigenvalue weighted by molar-refractivity contribution is 14.0. The molecule has 0 aliphatic carbocycles. The number of aliphatic imine (C=N–C) groups is 1. The number of nitrogens with one attached hydrogen (secondary N) is 2. The quantitative estimate of drug-likeness (QED) is 0.304. The molecule has 0 aromatic heterocycles. The van der Waals surface area contributed by atoms with E-state index in [0.717, 1.165) is 29.0 Å². The molecule has 0 bridgehead atoms. The zero-order valence-electron chi connectivity index (χ0n) is 17.3. The van der Waals surface area contributed by atoms with Crippen LogP contribution < -0.4 is 19.7 Å². The van der Waals surface area contributed by atoms with Crippen molar-refractivity contribution in [2.45, 2.75) is 19.9 Å². The van der Waals surface area contributed by atoms with E-state index in [0.29, 0.717) is 25.6 Å². The third kappa shape index (κ3) is 6.24. The molecular formula is C21H29IN4O3S. The number of methoxy groups -OCH3 is 1. The predicted molar refractivity (Wildman–Crippen MR) is 133 cm³/mol. The molecule has 0 saturated carbocycles. The average Bonchev–Trinajstić information content (AvgIpc) is 3.17. The smallest absolute Gasteiger partial charge is 0.236 e. The second-order valence-electron chi connectivity index (χ2n) is 6.74. The summed E-state index contributed by atoms with van der Waals surface area (Å²) in [5.41, 5.74) is 2.89. The van der Waals surface area contributed by atoms with Crippen molar-refractivity contribution < 1.29 is 13.2 Å². The van der Waals surface area contributed by atoms with Gasteiger partial charge in [-0.25, -0.2) is 13.4 Å². The van der Waals surface area contributed by atoms with Gasteiger partial charge in [-0.15, -0.1) is 24.0 Å². The van der Waals surface area contributed by atoms with E-state index in [1.54, 1.807) is 7.11 Å². The third-order valence-corrected chi connectivity index (χ3v) is 6.50. The molecule has 164 valence electrons. The molecule has 0 radical (unpaired) electrons. The number of guanidine groups is 1. The predicted octanol–water partition coefficient (Wildman–Crippen LogP) is 2.76. The van der Waals surface area contributed by atoms with E-state index in [9.17, 15) is 8.42 Å². The number of hydrogen-bond donors (Lipinski definition) is 2. The first-order valence-corrected chi connectivity index (χ1v) is 11.4. The molecule has 3 rings (SSSR count). The van der Waals surface area contributed by atoms with Gasteiger partial charge in [0.2, 0.25) is 10.0 Å². The van der Waals surface area contributed by atoms with Crippen LogP contribution >= 0.6 is 24.0 Å². The van der Waals surface area contributed by atoms with Gasteiger partial charge < -0.3 is 15.4 Å². The molecule has 2 aromatic carbocycles. The van der Waals surface area contributed by atoms with Gasteiger partial charge in [-0.3, -0.25) is 4.31 Å². The van der Waals surface area contributed by atoms with E-state index in [4.69, 9.17) is 4.74 Å². The van der Waals surface area contributed by atoms with Crippen molar-refractivity contribution in [1.82, 2.24) is 10.6 Å². The van der Waals surface area contributed by atoms with E-state index in [-0.39, 0.29) is 36.3 Å². The van der Waals surface area contributed by atoms with Crippen LogP contribution in [0.15, 0.2) is 53.5 Å². The Balaban J connectivity index is 0.00000320. The molecule has 0 fully saturated rings. The molecule has 0 spiro atoms. The number of ether oxygens (including phenoxy) is 1. The number of benzene rings is 2. The Kier molecular flexibility index (Phi) is 9.22. The van der Waals surface area contributed by atoms with Crippen LogP contribution in [0.3, 0.4) is 0 Å². The molecule has 9 heteroatoms. The highest BCUT2D eigenvalue weighted by Crippen LogP contribution is 2.29. The zero-order valence-corrected chi connectivity index (χ0v) is 20.4. The van der Waals surface area contributed by atoms with E-state index >= 15 is 0 Å². The van der Waals surface area contributed by atoms with Crippen molar-refractivity contribution in [3.63, 3.8) is 0 Å². The number of fused-ring (bicyclic) bond motifs is 1. The first-order valence-electron chi connectivity index (χ1n) is 9.77. The van der Waals surface area contributed by atoms with Gasteiger partial charge in [0.05, 0.1) is 25.1 Å². The molecule has 30 heavy (non-hydrogen) atoms. The summed E-state index contributed by atoms with van der Waals surface area (Å²) in [5.74, 6) is 1.38. The summed E-state index contributed by atoms with van der Waals surface area (Å²) in [5, 5.41) is 6.28. The standard InChI is InChI=1S/C21H28N4O3S.HI/c1-3-22-21(24-16-17-7-6-9-19(15-17)28-2)23-12-14-29(26,27)25-13-11-18-8-4-5-10-20(18)25;/h4-10,15H,3,11-14,16H2,1-2H3,(H2,22,23,24);1H. The highest BCUT2D eigenvalue weighted by atomic mass is 127. The van der Waals surface area contributed by atoms with Gasteiger partial charge in [-0.2, -0.15) is 0 Å². The summed E-state index contributed by atoms with van der Waals surface area (Å²) < 4.78 is 32.3. The van der Waals surface area contributed by atoms with Gasteiger partial charge >= 0.3 is 0 Å². The van der Waals surface area contributed by atoms with Gasteiger partial charge in [0.25, 0.3) is 0 Å². The van der Waals surface area contributed by atoms with Crippen LogP contribution in [0.25, 0.3) is 0 Å². The van der Waals surface area contributed by atoms with E-state index in [1.165, 1.54) is 4.31 Å². The number of nitrogens with zero attached hydrogens (tertiary/aromatic N) is 2. The van der Waals surface area contributed by atoms with Crippen molar-refractivity contribution in [1.29, 1.82) is 0 Å². The van der Waals surface area contributed by atoms with Crippen LogP contribution in [-0.2, 0) is 23.0 Å². The number of sulfonamides is 1. The molecule has 1 heterocycles. The first-order chi connectivity index (χ1) is 14.0. The van der Waals surface area contributed by atoms with E-state index in [1.807, 2.05) is 55.5 Å². The summed E-state index contributed by atoms with van der Waals surface area (Å²) in [6.45, 7) is 3.92. The summed E-state index contributed by atoms with van der Waals surface area (Å²) in [4.78, 5) is 4.54. The molecule has 0 saturated heterocycles. The second kappa shape index (κ2) is 11.4. The molecule has 7 nitrogen and oxygen atoms in total. The van der Waals surface area contributed by atoms with Crippen LogP contribution in [0.4, 0.5) is 5.69 Å². The largest absolute Gasteiger partial charge is 0.497 e. The van der Waals surface area contributed by atoms with Crippen molar-refractivity contribution in [2.24, 2.45) is 4.99 Å². The monoisotopic (exact) mass is 544 g/mol. The molecule has 2 aromatic rings. The Morgan fingerprint density at radius 3 is 2.73 bits per heavy atom. The summed E-state index contributed by atoms with van der Waals surface area (Å²) in [7, 11) is -1.76. The second-order valence-corrected chi connectivity index (χ2v) is 8.75. The summed E-state index contributed by atoms with van der Waals surface area (Å²) in [6, 6.07) is 15.4. The Morgan fingerprint density at radius 2 is 1.97 bits per heavy atom. The Hall–Kier alpha value is -2.01. The van der Waals surface area contributed by atoms with Gasteiger partial charge in [-0.05, 0) is 42.7 Å². The van der Waals surface area contributed by atoms with Gasteiger partial charge in [0.1, 0.15) is 5.75 Å². The maximum absolute atomic E-state index is 12.8. The van der Waals surface area contributed by atoms with E-state index < -0.39 is 10.0 Å². The fourth-order valence-corrected chi connectivity index (χ4v) is 4.72. The van der Waals surface area contributed by atoms with Crippen LogP contribution in [0.5, 0.6) is 5.75 Å². The lowest BCUT2D eigenvalue weighted by Gasteiger charge is -2.20. The normalized spacial score (nSPS) is 13.4. The number of halogens is 1. The van der Waals surface area contributed by atoms with Crippen molar-refractivity contribution in [2.75, 3.05) is 36.8 Å². The lowest BCUT2D eigenvalue weighted by atomic mass is 10.2. The Morgan fingerprint density at radius 1 is 1.17 bits per heavy atom. The minimum absolute atomic E-state index is 0. The lowest BCUT2D eigenvalue weighted by molar-refractivity contribution is 0.414. The molecule has 2 N–H and O–H groups in total. The molecule has 1 aliphatic heterocycles. The minimum atomic E-state index is -3.39. The topological polar surface area (TPSA) is 83.0 Å². The SMILES string of the molecule is CCNC(=NCc1cccc(OC)c1)NCCS(=O)(=O)N1CCc2ccccc21.I. The van der Waals surface area contributed by atoms with Crippen molar-refractivity contribution >= 4 is 45.6 Å². The average molecular weight is 544 g/mol. The molecule has 0 unspecified atom stereocenters. The molecule has 1 aliphatic rings. The summed E-state index contributed by atoms with van der Waals surface area (Å²) >= 11 is 0. The molecule has 0 atom stereocenters. The minimum Gasteiger partial charge on any atom is -0.497 e. The van der Waals surface area contributed by atoms with Gasteiger partial charge in [0.15, 0.2) is 5.96 Å². The maximum atomic E-state index is 12.8. The van der Waals surface area contributed by atoms with Crippen molar-refractivity contribution in [3.05, 3.63) is 59.7 Å². The number of anilines is 1. The Bertz CT molecular complexity index is 966. The van der Waals surface area contributed by atoms with Crippen LogP contribution in [-0.4, -0.2) is 46.9 Å². The lowest BCUT2D eigenvalue weighted by Crippen LogP contribution is -2.42. The van der Waals surface area contributed by atoms with Crippen LogP contribution in [0, 0.1) is 0 Å². The molecule has 0 amide bonds. The van der Waals surface area contributed by atoms with Crippen molar-refractivity contribution in [3.8, 4) is 5.75 Å². The Labute approximate surface area is 196 Å². The van der Waals surface area contributed by atoms with Crippen LogP contribution in [0.2, 0.25) is 0 Å². The fourth-order valence-electron chi connectivity index (χ4n) is 3.29. The third-order valence-electron chi connectivity index (χ3n) is 4.73. The number of rotatable bonds is 8.